The molecule has 0 aromatic heterocycles. The van der Waals surface area contributed by atoms with Gasteiger partial charge in [-0.3, -0.25) is 4.79 Å². The second-order valence-electron chi connectivity index (χ2n) is 4.71. The van der Waals surface area contributed by atoms with Crippen LogP contribution in [0.15, 0.2) is 47.6 Å². The third kappa shape index (κ3) is 4.98. The number of benzene rings is 2. The summed E-state index contributed by atoms with van der Waals surface area (Å²) in [6.07, 6.45) is 2.35. The standard InChI is InChI=1S/C17H16Cl2N2O2/c1-2-10-23-13-8-6-12(7-9-13)17(22)21-20-11-14-15(18)4-3-5-16(14)19/h3-9,11H,2,10H2,1H3,(H,21,22)/b20-11-. The lowest BCUT2D eigenvalue weighted by Gasteiger charge is -2.05. The summed E-state index contributed by atoms with van der Waals surface area (Å²) in [5, 5.41) is 4.82. The number of carbonyl (C=O) groups is 1. The number of hydrogen-bond acceptors (Lipinski definition) is 3. The molecular formula is C17H16Cl2N2O2. The minimum Gasteiger partial charge on any atom is -0.494 e. The van der Waals surface area contributed by atoms with Crippen molar-refractivity contribution in [3.05, 3.63) is 63.6 Å². The molecule has 6 heteroatoms. The average Bonchev–Trinajstić information content (AvgIpc) is 2.56. The third-order valence-corrected chi connectivity index (χ3v) is 3.61. The number of rotatable bonds is 6. The Morgan fingerprint density at radius 3 is 2.43 bits per heavy atom. The van der Waals surface area contributed by atoms with Crippen molar-refractivity contribution < 1.29 is 9.53 Å². The van der Waals surface area contributed by atoms with E-state index in [0.29, 0.717) is 27.8 Å². The predicted molar refractivity (Wildman–Crippen MR) is 93.8 cm³/mol. The smallest absolute Gasteiger partial charge is 0.271 e. The Hall–Kier alpha value is -2.04. The third-order valence-electron chi connectivity index (χ3n) is 2.95. The second-order valence-corrected chi connectivity index (χ2v) is 5.52. The SMILES string of the molecule is CCCOc1ccc(C(=O)N/N=C\c2c(Cl)cccc2Cl)cc1. The van der Waals surface area contributed by atoms with Crippen LogP contribution < -0.4 is 10.2 Å². The van der Waals surface area contributed by atoms with E-state index in [1.165, 1.54) is 6.21 Å². The van der Waals surface area contributed by atoms with E-state index >= 15 is 0 Å². The van der Waals surface area contributed by atoms with E-state index in [2.05, 4.69) is 10.5 Å². The number of hydrogen-bond donors (Lipinski definition) is 1. The van der Waals surface area contributed by atoms with Crippen molar-refractivity contribution in [1.82, 2.24) is 5.43 Å². The van der Waals surface area contributed by atoms with Crippen LogP contribution in [0.5, 0.6) is 5.75 Å². The van der Waals surface area contributed by atoms with Gasteiger partial charge in [-0.05, 0) is 42.8 Å². The van der Waals surface area contributed by atoms with Gasteiger partial charge in [0.2, 0.25) is 0 Å². The van der Waals surface area contributed by atoms with E-state index in [9.17, 15) is 4.79 Å². The first kappa shape index (κ1) is 17.3. The van der Waals surface area contributed by atoms with E-state index < -0.39 is 0 Å². The lowest BCUT2D eigenvalue weighted by atomic mass is 10.2. The van der Waals surface area contributed by atoms with Gasteiger partial charge in [0, 0.05) is 11.1 Å². The van der Waals surface area contributed by atoms with Crippen molar-refractivity contribution in [2.24, 2.45) is 5.10 Å². The van der Waals surface area contributed by atoms with Crippen LogP contribution in [0, 0.1) is 0 Å². The molecule has 2 aromatic rings. The molecule has 0 aliphatic heterocycles. The fourth-order valence-corrected chi connectivity index (χ4v) is 2.27. The summed E-state index contributed by atoms with van der Waals surface area (Å²) in [5.74, 6) is 0.404. The van der Waals surface area contributed by atoms with E-state index in [4.69, 9.17) is 27.9 Å². The first-order valence-corrected chi connectivity index (χ1v) is 7.87. The summed E-state index contributed by atoms with van der Waals surface area (Å²) in [5.41, 5.74) is 3.47. The molecule has 0 bridgehead atoms. The molecule has 0 radical (unpaired) electrons. The van der Waals surface area contributed by atoms with Crippen LogP contribution in [0.25, 0.3) is 0 Å². The van der Waals surface area contributed by atoms with Crippen LogP contribution in [0.3, 0.4) is 0 Å². The molecule has 1 amide bonds. The Morgan fingerprint density at radius 2 is 1.83 bits per heavy atom. The van der Waals surface area contributed by atoms with E-state index in [0.717, 1.165) is 12.2 Å². The molecule has 0 atom stereocenters. The van der Waals surface area contributed by atoms with Crippen LogP contribution in [0.2, 0.25) is 10.0 Å². The van der Waals surface area contributed by atoms with Gasteiger partial charge < -0.3 is 4.74 Å². The zero-order valence-electron chi connectivity index (χ0n) is 12.6. The number of hydrazone groups is 1. The summed E-state index contributed by atoms with van der Waals surface area (Å²) in [4.78, 5) is 12.0. The first-order valence-electron chi connectivity index (χ1n) is 7.12. The summed E-state index contributed by atoms with van der Waals surface area (Å²) in [7, 11) is 0. The lowest BCUT2D eigenvalue weighted by Crippen LogP contribution is -2.17. The van der Waals surface area contributed by atoms with E-state index in [1.807, 2.05) is 6.92 Å². The molecule has 120 valence electrons. The second kappa shape index (κ2) is 8.56. The largest absolute Gasteiger partial charge is 0.494 e. The molecule has 1 N–H and O–H groups in total. The van der Waals surface area contributed by atoms with Gasteiger partial charge in [-0.25, -0.2) is 5.43 Å². The number of ether oxygens (including phenoxy) is 1. The van der Waals surface area contributed by atoms with Gasteiger partial charge in [-0.2, -0.15) is 5.10 Å². The van der Waals surface area contributed by atoms with Crippen LogP contribution in [-0.2, 0) is 0 Å². The number of amides is 1. The monoisotopic (exact) mass is 350 g/mol. The molecule has 0 heterocycles. The van der Waals surface area contributed by atoms with E-state index in [-0.39, 0.29) is 5.91 Å². The topological polar surface area (TPSA) is 50.7 Å². The molecule has 2 rings (SSSR count). The van der Waals surface area contributed by atoms with Crippen molar-refractivity contribution in [1.29, 1.82) is 0 Å². The molecule has 0 saturated carbocycles. The van der Waals surface area contributed by atoms with Gasteiger partial charge in [0.1, 0.15) is 5.75 Å². The van der Waals surface area contributed by atoms with Gasteiger partial charge >= 0.3 is 0 Å². The fourth-order valence-electron chi connectivity index (χ4n) is 1.78. The molecule has 2 aromatic carbocycles. The van der Waals surface area contributed by atoms with Crippen molar-refractivity contribution >= 4 is 35.3 Å². The molecule has 0 saturated heterocycles. The van der Waals surface area contributed by atoms with Crippen molar-refractivity contribution in [2.75, 3.05) is 6.61 Å². The summed E-state index contributed by atoms with van der Waals surface area (Å²) >= 11 is 12.0. The summed E-state index contributed by atoms with van der Waals surface area (Å²) in [6, 6.07) is 12.0. The predicted octanol–water partition coefficient (Wildman–Crippen LogP) is 4.55. The Morgan fingerprint density at radius 1 is 1.17 bits per heavy atom. The van der Waals surface area contributed by atoms with Crippen LogP contribution >= 0.6 is 23.2 Å². The van der Waals surface area contributed by atoms with Crippen molar-refractivity contribution in [3.63, 3.8) is 0 Å². The number of nitrogens with zero attached hydrogens (tertiary/aromatic N) is 1. The number of nitrogens with one attached hydrogen (secondary N) is 1. The highest BCUT2D eigenvalue weighted by Gasteiger charge is 2.05. The first-order chi connectivity index (χ1) is 11.1. The zero-order chi connectivity index (χ0) is 16.7. The maximum Gasteiger partial charge on any atom is 0.271 e. The maximum atomic E-state index is 12.0. The van der Waals surface area contributed by atoms with Gasteiger partial charge in [-0.15, -0.1) is 0 Å². The lowest BCUT2D eigenvalue weighted by molar-refractivity contribution is 0.0955. The molecule has 0 spiro atoms. The molecule has 0 unspecified atom stereocenters. The highest BCUT2D eigenvalue weighted by Crippen LogP contribution is 2.22. The van der Waals surface area contributed by atoms with Gasteiger partial charge in [0.05, 0.1) is 22.9 Å². The van der Waals surface area contributed by atoms with Gasteiger partial charge in [0.25, 0.3) is 5.91 Å². The van der Waals surface area contributed by atoms with Crippen LogP contribution in [0.1, 0.15) is 29.3 Å². The zero-order valence-corrected chi connectivity index (χ0v) is 14.1. The van der Waals surface area contributed by atoms with Gasteiger partial charge in [-0.1, -0.05) is 36.2 Å². The summed E-state index contributed by atoms with van der Waals surface area (Å²) < 4.78 is 5.46. The Kier molecular flexibility index (Phi) is 6.44. The highest BCUT2D eigenvalue weighted by atomic mass is 35.5. The highest BCUT2D eigenvalue weighted by molar-refractivity contribution is 6.38. The Bertz CT molecular complexity index is 680. The quantitative estimate of drug-likeness (QED) is 0.613. The average molecular weight is 351 g/mol. The molecule has 4 nitrogen and oxygen atoms in total. The minimum atomic E-state index is -0.327. The molecule has 0 aliphatic rings. The molecular weight excluding hydrogens is 335 g/mol. The molecule has 23 heavy (non-hydrogen) atoms. The summed E-state index contributed by atoms with van der Waals surface area (Å²) in [6.45, 7) is 2.68. The fraction of sp³-hybridized carbons (Fsp3) is 0.176. The molecule has 0 aliphatic carbocycles. The van der Waals surface area contributed by atoms with Crippen molar-refractivity contribution in [2.45, 2.75) is 13.3 Å². The Labute approximate surface area is 145 Å². The Balaban J connectivity index is 1.98. The minimum absolute atomic E-state index is 0.327. The van der Waals surface area contributed by atoms with Crippen LogP contribution in [-0.4, -0.2) is 18.7 Å². The van der Waals surface area contributed by atoms with Gasteiger partial charge in [0.15, 0.2) is 0 Å². The molecule has 0 fully saturated rings. The normalized spacial score (nSPS) is 10.7. The maximum absolute atomic E-state index is 12.0. The van der Waals surface area contributed by atoms with E-state index in [1.54, 1.807) is 42.5 Å². The number of carbonyl (C=O) groups excluding carboxylic acids is 1. The number of halogens is 2. The van der Waals surface area contributed by atoms with Crippen LogP contribution in [0.4, 0.5) is 0 Å². The van der Waals surface area contributed by atoms with Crippen molar-refractivity contribution in [3.8, 4) is 5.75 Å².